The van der Waals surface area contributed by atoms with E-state index in [0.29, 0.717) is 12.3 Å². The summed E-state index contributed by atoms with van der Waals surface area (Å²) in [6, 6.07) is 13.8. The molecule has 2 aromatic carbocycles. The van der Waals surface area contributed by atoms with Crippen LogP contribution < -0.4 is 4.74 Å². The number of fused-ring (bicyclic) bond motifs is 1. The van der Waals surface area contributed by atoms with Crippen LogP contribution in [0.5, 0.6) is 11.5 Å². The van der Waals surface area contributed by atoms with Crippen molar-refractivity contribution in [3.63, 3.8) is 0 Å². The maximum Gasteiger partial charge on any atom is 0.120 e. The molecule has 1 aromatic heterocycles. The first-order valence-electron chi connectivity index (χ1n) is 7.85. The van der Waals surface area contributed by atoms with Crippen LogP contribution in [0, 0.1) is 0 Å². The van der Waals surface area contributed by atoms with Crippen molar-refractivity contribution in [3.8, 4) is 11.5 Å². The van der Waals surface area contributed by atoms with E-state index in [4.69, 9.17) is 4.74 Å². The smallest absolute Gasteiger partial charge is 0.120 e. The van der Waals surface area contributed by atoms with Crippen molar-refractivity contribution in [2.45, 2.75) is 13.1 Å². The second-order valence-electron chi connectivity index (χ2n) is 5.69. The van der Waals surface area contributed by atoms with E-state index in [1.807, 2.05) is 30.3 Å². The Balaban J connectivity index is 1.96. The van der Waals surface area contributed by atoms with Gasteiger partial charge in [-0.2, -0.15) is 0 Å². The summed E-state index contributed by atoms with van der Waals surface area (Å²) < 4.78 is 5.35. The van der Waals surface area contributed by atoms with Crippen molar-refractivity contribution >= 4 is 22.1 Å². The zero-order valence-electron chi connectivity index (χ0n) is 13.7. The first kappa shape index (κ1) is 16.6. The molecule has 0 aliphatic heterocycles. The van der Waals surface area contributed by atoms with Gasteiger partial charge in [0, 0.05) is 30.1 Å². The monoisotopic (exact) mass is 339 g/mol. The Kier molecular flexibility index (Phi) is 5.18. The molecule has 0 atom stereocenters. The van der Waals surface area contributed by atoms with Gasteiger partial charge in [0.25, 0.3) is 0 Å². The minimum atomic E-state index is 0.316. The van der Waals surface area contributed by atoms with Gasteiger partial charge in [-0.15, -0.1) is 17.9 Å². The number of hydrogen-bond donors (Lipinski definition) is 1. The highest BCUT2D eigenvalue weighted by Crippen LogP contribution is 2.31. The molecule has 0 amide bonds. The minimum absolute atomic E-state index is 0.316. The second-order valence-corrected chi connectivity index (χ2v) is 6.72. The lowest BCUT2D eigenvalue weighted by molar-refractivity contribution is 0.285. The largest absolute Gasteiger partial charge is 0.508 e. The number of benzene rings is 2. The molecule has 3 rings (SSSR count). The number of rotatable bonds is 7. The van der Waals surface area contributed by atoms with E-state index in [1.165, 1.54) is 4.88 Å². The standard InChI is InChI=1S/C20H21NO2S/c1-3-10-21(13-17-5-4-11-24-17)14-19-18-12-16(23-2)8-6-15(18)7-9-20(19)22/h3-9,11-12,22H,1,10,13-14H2,2H3. The van der Waals surface area contributed by atoms with Crippen LogP contribution in [0.3, 0.4) is 0 Å². The molecule has 0 saturated heterocycles. The summed E-state index contributed by atoms with van der Waals surface area (Å²) in [7, 11) is 1.66. The molecule has 1 heterocycles. The third-order valence-electron chi connectivity index (χ3n) is 4.04. The van der Waals surface area contributed by atoms with Crippen molar-refractivity contribution in [2.24, 2.45) is 0 Å². The average Bonchev–Trinajstić information content (AvgIpc) is 3.10. The summed E-state index contributed by atoms with van der Waals surface area (Å²) in [6.45, 7) is 6.11. The van der Waals surface area contributed by atoms with E-state index in [2.05, 4.69) is 29.0 Å². The first-order chi connectivity index (χ1) is 11.7. The molecule has 124 valence electrons. The zero-order chi connectivity index (χ0) is 16.9. The summed E-state index contributed by atoms with van der Waals surface area (Å²) in [5.41, 5.74) is 0.921. The van der Waals surface area contributed by atoms with Gasteiger partial charge >= 0.3 is 0 Å². The van der Waals surface area contributed by atoms with Gasteiger partial charge in [-0.25, -0.2) is 0 Å². The summed E-state index contributed by atoms with van der Waals surface area (Å²) in [5, 5.41) is 14.6. The summed E-state index contributed by atoms with van der Waals surface area (Å²) in [5.74, 6) is 1.11. The highest BCUT2D eigenvalue weighted by molar-refractivity contribution is 7.09. The molecule has 0 aliphatic rings. The second kappa shape index (κ2) is 7.51. The normalized spacial score (nSPS) is 11.1. The third kappa shape index (κ3) is 3.61. The predicted molar refractivity (Wildman–Crippen MR) is 101 cm³/mol. The lowest BCUT2D eigenvalue weighted by Gasteiger charge is -2.22. The number of hydrogen-bond acceptors (Lipinski definition) is 4. The Labute approximate surface area is 146 Å². The molecule has 0 unspecified atom stereocenters. The lowest BCUT2D eigenvalue weighted by atomic mass is 10.0. The molecule has 0 bridgehead atoms. The van der Waals surface area contributed by atoms with Crippen molar-refractivity contribution in [3.05, 3.63) is 70.9 Å². The Bertz CT molecular complexity index is 827. The van der Waals surface area contributed by atoms with Crippen LogP contribution in [-0.2, 0) is 13.1 Å². The van der Waals surface area contributed by atoms with Crippen LogP contribution in [0.4, 0.5) is 0 Å². The molecule has 0 aliphatic carbocycles. The van der Waals surface area contributed by atoms with Crippen LogP contribution in [-0.4, -0.2) is 23.7 Å². The quantitative estimate of drug-likeness (QED) is 0.627. The topological polar surface area (TPSA) is 32.7 Å². The van der Waals surface area contributed by atoms with Gasteiger partial charge in [0.1, 0.15) is 11.5 Å². The van der Waals surface area contributed by atoms with E-state index in [-0.39, 0.29) is 0 Å². The number of thiophene rings is 1. The predicted octanol–water partition coefficient (Wildman–Crippen LogP) is 4.80. The average molecular weight is 339 g/mol. The molecule has 4 heteroatoms. The van der Waals surface area contributed by atoms with Gasteiger partial charge in [-0.1, -0.05) is 24.3 Å². The molecule has 3 aromatic rings. The van der Waals surface area contributed by atoms with Crippen LogP contribution in [0.25, 0.3) is 10.8 Å². The van der Waals surface area contributed by atoms with E-state index in [9.17, 15) is 5.11 Å². The Morgan fingerprint density at radius 2 is 2.04 bits per heavy atom. The van der Waals surface area contributed by atoms with Crippen LogP contribution in [0.1, 0.15) is 10.4 Å². The fraction of sp³-hybridized carbons (Fsp3) is 0.200. The van der Waals surface area contributed by atoms with Gasteiger partial charge in [-0.3, -0.25) is 4.90 Å². The fourth-order valence-electron chi connectivity index (χ4n) is 2.86. The maximum absolute atomic E-state index is 10.4. The molecule has 24 heavy (non-hydrogen) atoms. The van der Waals surface area contributed by atoms with Crippen LogP contribution >= 0.6 is 11.3 Å². The van der Waals surface area contributed by atoms with Crippen LogP contribution in [0.2, 0.25) is 0 Å². The highest BCUT2D eigenvalue weighted by atomic mass is 32.1. The van der Waals surface area contributed by atoms with Crippen LogP contribution in [0.15, 0.2) is 60.5 Å². The molecule has 0 saturated carbocycles. The number of ether oxygens (including phenoxy) is 1. The summed E-state index contributed by atoms with van der Waals surface area (Å²) >= 11 is 1.74. The number of phenolic OH excluding ortho intramolecular Hbond substituents is 1. The summed E-state index contributed by atoms with van der Waals surface area (Å²) in [6.07, 6.45) is 1.90. The number of aromatic hydroxyl groups is 1. The van der Waals surface area contributed by atoms with Gasteiger partial charge < -0.3 is 9.84 Å². The van der Waals surface area contributed by atoms with Crippen molar-refractivity contribution in [2.75, 3.05) is 13.7 Å². The Hall–Kier alpha value is -2.30. The maximum atomic E-state index is 10.4. The molecule has 3 nitrogen and oxygen atoms in total. The van der Waals surface area contributed by atoms with Gasteiger partial charge in [-0.05, 0) is 40.4 Å². The van der Waals surface area contributed by atoms with E-state index in [1.54, 1.807) is 24.5 Å². The van der Waals surface area contributed by atoms with E-state index in [0.717, 1.165) is 35.2 Å². The zero-order valence-corrected chi connectivity index (χ0v) is 14.6. The number of phenols is 1. The third-order valence-corrected chi connectivity index (χ3v) is 4.91. The van der Waals surface area contributed by atoms with Gasteiger partial charge in [0.05, 0.1) is 7.11 Å². The minimum Gasteiger partial charge on any atom is -0.508 e. The van der Waals surface area contributed by atoms with Gasteiger partial charge in [0.15, 0.2) is 0 Å². The SMILES string of the molecule is C=CCN(Cc1cccs1)Cc1c(O)ccc2ccc(OC)cc12. The molecule has 0 spiro atoms. The molecular weight excluding hydrogens is 318 g/mol. The number of nitrogens with zero attached hydrogens (tertiary/aromatic N) is 1. The Morgan fingerprint density at radius 3 is 2.75 bits per heavy atom. The highest BCUT2D eigenvalue weighted by Gasteiger charge is 2.13. The molecule has 1 N–H and O–H groups in total. The lowest BCUT2D eigenvalue weighted by Crippen LogP contribution is -2.22. The van der Waals surface area contributed by atoms with Crippen molar-refractivity contribution in [1.29, 1.82) is 0 Å². The van der Waals surface area contributed by atoms with Crippen molar-refractivity contribution < 1.29 is 9.84 Å². The molecule has 0 radical (unpaired) electrons. The fourth-order valence-corrected chi connectivity index (χ4v) is 3.60. The van der Waals surface area contributed by atoms with E-state index >= 15 is 0 Å². The summed E-state index contributed by atoms with van der Waals surface area (Å²) in [4.78, 5) is 3.57. The number of methoxy groups -OCH3 is 1. The molecular formula is C20H21NO2S. The molecule has 0 fully saturated rings. The first-order valence-corrected chi connectivity index (χ1v) is 8.73. The van der Waals surface area contributed by atoms with E-state index < -0.39 is 0 Å². The Morgan fingerprint density at radius 1 is 1.21 bits per heavy atom. The van der Waals surface area contributed by atoms with Gasteiger partial charge in [0.2, 0.25) is 0 Å². The van der Waals surface area contributed by atoms with Crippen molar-refractivity contribution in [1.82, 2.24) is 4.90 Å².